The Labute approximate surface area is 54.8 Å². The summed E-state index contributed by atoms with van der Waals surface area (Å²) >= 11 is 6.12. The first-order valence-corrected chi connectivity index (χ1v) is 2.78. The van der Waals surface area contributed by atoms with Crippen molar-refractivity contribution < 1.29 is 18.9 Å². The number of rotatable bonds is 0. The zero-order chi connectivity index (χ0) is 2.71. The average Bonchev–Trinajstić information content (AvgIpc) is 0.918. The van der Waals surface area contributed by atoms with E-state index < -0.39 is 0 Å². The van der Waals surface area contributed by atoms with Gasteiger partial charge in [0.2, 0.25) is 0 Å². The normalized spacial score (nSPS) is 4.50. The molecule has 0 radical (unpaired) electrons. The zero-order valence-corrected chi connectivity index (χ0v) is 5.64. The standard InChI is InChI=1S/CH2Br2.Li/c2-1-3;/h1H2;/q;+1. The van der Waals surface area contributed by atoms with Gasteiger partial charge in [-0.25, -0.2) is 0 Å². The molecule has 0 heterocycles. The summed E-state index contributed by atoms with van der Waals surface area (Å²) in [7, 11) is 0. The summed E-state index contributed by atoms with van der Waals surface area (Å²) in [6.07, 6.45) is 0. The molecule has 0 rings (SSSR count). The molecule has 0 N–H and O–H groups in total. The first kappa shape index (κ1) is 9.12. The predicted molar refractivity (Wildman–Crippen MR) is 22.7 cm³/mol. The molecule has 3 heteroatoms. The van der Waals surface area contributed by atoms with Crippen LogP contribution in [0.2, 0.25) is 0 Å². The average molecular weight is 181 g/mol. The van der Waals surface area contributed by atoms with Gasteiger partial charge in [-0.15, -0.1) is 0 Å². The molecule has 0 nitrogen and oxygen atoms in total. The van der Waals surface area contributed by atoms with Crippen LogP contribution >= 0.6 is 31.9 Å². The van der Waals surface area contributed by atoms with Crippen molar-refractivity contribution in [3.05, 3.63) is 0 Å². The van der Waals surface area contributed by atoms with Gasteiger partial charge in [-0.05, 0) is 0 Å². The smallest absolute Gasteiger partial charge is 0.0802 e. The Balaban J connectivity index is 0. The first-order valence-electron chi connectivity index (χ1n) is 0.535. The fourth-order valence-electron chi connectivity index (χ4n) is 0. The van der Waals surface area contributed by atoms with Crippen LogP contribution in [0.3, 0.4) is 0 Å². The molecule has 0 bridgehead atoms. The van der Waals surface area contributed by atoms with Crippen molar-refractivity contribution in [3.8, 4) is 0 Å². The molecule has 0 aliphatic rings. The number of hydrogen-bond donors (Lipinski definition) is 0. The van der Waals surface area contributed by atoms with Gasteiger partial charge in [0.15, 0.2) is 0 Å². The molecule has 0 saturated heterocycles. The van der Waals surface area contributed by atoms with Crippen molar-refractivity contribution in [2.45, 2.75) is 0 Å². The molecule has 4 heavy (non-hydrogen) atoms. The summed E-state index contributed by atoms with van der Waals surface area (Å²) in [6.45, 7) is 0. The molecule has 0 aliphatic heterocycles. The van der Waals surface area contributed by atoms with Crippen LogP contribution in [0.4, 0.5) is 0 Å². The van der Waals surface area contributed by atoms with E-state index in [0.717, 1.165) is 4.24 Å². The minimum absolute atomic E-state index is 0. The second-order valence-electron chi connectivity index (χ2n) is 0.101. The van der Waals surface area contributed by atoms with Gasteiger partial charge < -0.3 is 0 Å². The van der Waals surface area contributed by atoms with Gasteiger partial charge in [0.05, 0.1) is 4.24 Å². The van der Waals surface area contributed by atoms with Crippen molar-refractivity contribution in [3.63, 3.8) is 0 Å². The van der Waals surface area contributed by atoms with E-state index in [-0.39, 0.29) is 18.9 Å². The van der Waals surface area contributed by atoms with Gasteiger partial charge in [-0.1, -0.05) is 31.9 Å². The van der Waals surface area contributed by atoms with Gasteiger partial charge in [0.1, 0.15) is 0 Å². The van der Waals surface area contributed by atoms with Gasteiger partial charge in [-0.2, -0.15) is 0 Å². The summed E-state index contributed by atoms with van der Waals surface area (Å²) in [5.41, 5.74) is 0. The summed E-state index contributed by atoms with van der Waals surface area (Å²) < 4.78 is 0.875. The molecule has 0 aliphatic carbocycles. The molecule has 0 fully saturated rings. The van der Waals surface area contributed by atoms with Crippen LogP contribution in [0.1, 0.15) is 0 Å². The van der Waals surface area contributed by atoms with Crippen LogP contribution in [-0.2, 0) is 0 Å². The topological polar surface area (TPSA) is 0 Å². The van der Waals surface area contributed by atoms with E-state index in [4.69, 9.17) is 0 Å². The van der Waals surface area contributed by atoms with Crippen molar-refractivity contribution >= 4 is 31.9 Å². The molecule has 0 aromatic heterocycles. The van der Waals surface area contributed by atoms with E-state index >= 15 is 0 Å². The first-order chi connectivity index (χ1) is 1.41. The van der Waals surface area contributed by atoms with Crippen molar-refractivity contribution in [1.82, 2.24) is 0 Å². The third-order valence-corrected chi connectivity index (χ3v) is 0. The summed E-state index contributed by atoms with van der Waals surface area (Å²) in [5, 5.41) is 0. The predicted octanol–water partition coefficient (Wildman–Crippen LogP) is -1.26. The quantitative estimate of drug-likeness (QED) is 0.323. The Morgan fingerprint density at radius 2 is 1.25 bits per heavy atom. The molecule has 0 aromatic rings. The maximum Gasteiger partial charge on any atom is 1.00 e. The molecule has 0 saturated carbocycles. The van der Waals surface area contributed by atoms with Crippen molar-refractivity contribution in [2.24, 2.45) is 0 Å². The second-order valence-corrected chi connectivity index (χ2v) is 2.73. The van der Waals surface area contributed by atoms with Crippen molar-refractivity contribution in [1.29, 1.82) is 0 Å². The molecule has 0 spiro atoms. The number of alkyl halides is 2. The van der Waals surface area contributed by atoms with E-state index in [0.29, 0.717) is 0 Å². The minimum Gasteiger partial charge on any atom is -0.0802 e. The molecular formula is CH2Br2Li+. The van der Waals surface area contributed by atoms with Crippen molar-refractivity contribution in [2.75, 3.05) is 4.24 Å². The minimum atomic E-state index is 0. The van der Waals surface area contributed by atoms with E-state index in [1.165, 1.54) is 0 Å². The van der Waals surface area contributed by atoms with Crippen LogP contribution in [0.15, 0.2) is 0 Å². The largest absolute Gasteiger partial charge is 1.00 e. The molecule has 0 aromatic carbocycles. The van der Waals surface area contributed by atoms with E-state index in [1.54, 1.807) is 0 Å². The molecule has 20 valence electrons. The SMILES string of the molecule is BrCBr.[Li+]. The third kappa shape index (κ3) is 9.59. The van der Waals surface area contributed by atoms with Crippen LogP contribution in [0, 0.1) is 0 Å². The Hall–Kier alpha value is 1.56. The Morgan fingerprint density at radius 1 is 1.25 bits per heavy atom. The maximum atomic E-state index is 3.06. The van der Waals surface area contributed by atoms with Crippen LogP contribution in [-0.4, -0.2) is 4.24 Å². The summed E-state index contributed by atoms with van der Waals surface area (Å²) in [5.74, 6) is 0. The van der Waals surface area contributed by atoms with Crippen LogP contribution < -0.4 is 18.9 Å². The van der Waals surface area contributed by atoms with Gasteiger partial charge >= 0.3 is 18.9 Å². The van der Waals surface area contributed by atoms with Gasteiger partial charge in [0.25, 0.3) is 0 Å². The zero-order valence-electron chi connectivity index (χ0n) is 2.46. The Bertz CT molecular complexity index is 6.00. The van der Waals surface area contributed by atoms with Crippen LogP contribution in [0.5, 0.6) is 0 Å². The fourth-order valence-corrected chi connectivity index (χ4v) is 0. The maximum absolute atomic E-state index is 3.06. The molecule has 0 amide bonds. The molecule has 0 unspecified atom stereocenters. The van der Waals surface area contributed by atoms with E-state index in [9.17, 15) is 0 Å². The summed E-state index contributed by atoms with van der Waals surface area (Å²) in [4.78, 5) is 0. The Morgan fingerprint density at radius 3 is 1.25 bits per heavy atom. The molecular weight excluding hydrogens is 179 g/mol. The van der Waals surface area contributed by atoms with Gasteiger partial charge in [0, 0.05) is 0 Å². The second kappa shape index (κ2) is 8.82. The monoisotopic (exact) mass is 179 g/mol. The number of halogens is 2. The third-order valence-electron chi connectivity index (χ3n) is 0. The fraction of sp³-hybridized carbons (Fsp3) is 1.00. The van der Waals surface area contributed by atoms with E-state index in [1.807, 2.05) is 0 Å². The molecule has 0 atom stereocenters. The Kier molecular flexibility index (Phi) is 20.1. The van der Waals surface area contributed by atoms with Gasteiger partial charge in [-0.3, -0.25) is 0 Å². The number of hydrogen-bond acceptors (Lipinski definition) is 0. The van der Waals surface area contributed by atoms with Crippen LogP contribution in [0.25, 0.3) is 0 Å². The summed E-state index contributed by atoms with van der Waals surface area (Å²) in [6, 6.07) is 0. The van der Waals surface area contributed by atoms with E-state index in [2.05, 4.69) is 31.9 Å².